The van der Waals surface area contributed by atoms with Crippen LogP contribution in [-0.2, 0) is 20.7 Å². The number of carbonyl (C=O) groups is 3. The zero-order valence-electron chi connectivity index (χ0n) is 17.8. The molecule has 0 aliphatic carbocycles. The molecule has 1 amide bonds. The molecule has 0 spiro atoms. The number of hydrogen-bond donors (Lipinski definition) is 0. The van der Waals surface area contributed by atoms with Crippen molar-refractivity contribution >= 4 is 35.1 Å². The molecule has 6 heteroatoms. The Morgan fingerprint density at radius 2 is 1.73 bits per heavy atom. The predicted molar refractivity (Wildman–Crippen MR) is 119 cm³/mol. The van der Waals surface area contributed by atoms with Crippen LogP contribution < -0.4 is 4.90 Å². The van der Waals surface area contributed by atoms with Gasteiger partial charge in [0.25, 0.3) is 0 Å². The molecule has 0 saturated heterocycles. The number of anilines is 1. The number of esters is 1. The number of hydrogen-bond acceptors (Lipinski definition) is 5. The van der Waals surface area contributed by atoms with Gasteiger partial charge in [-0.1, -0.05) is 51.1 Å². The van der Waals surface area contributed by atoms with E-state index in [1.165, 1.54) is 17.3 Å². The maximum absolute atomic E-state index is 13.1. The van der Waals surface area contributed by atoms with Crippen LogP contribution in [0.15, 0.2) is 53.4 Å². The highest BCUT2D eigenvalue weighted by Crippen LogP contribution is 2.33. The van der Waals surface area contributed by atoms with Gasteiger partial charge in [-0.25, -0.2) is 4.79 Å². The zero-order valence-corrected chi connectivity index (χ0v) is 18.6. The monoisotopic (exact) mass is 425 g/mol. The van der Waals surface area contributed by atoms with Gasteiger partial charge in [0.1, 0.15) is 0 Å². The lowest BCUT2D eigenvalue weighted by Crippen LogP contribution is -2.35. The number of carbonyl (C=O) groups excluding carboxylic acids is 3. The number of ketones is 1. The number of thioether (sulfide) groups is 1. The summed E-state index contributed by atoms with van der Waals surface area (Å²) in [5, 5.41) is -0.374. The number of benzene rings is 2. The normalized spacial score (nSPS) is 14.2. The molecular formula is C24H27NO4S. The third-order valence-electron chi connectivity index (χ3n) is 5.08. The molecule has 3 rings (SSSR count). The molecule has 1 aliphatic heterocycles. The minimum absolute atomic E-state index is 0.0102. The topological polar surface area (TPSA) is 63.7 Å². The van der Waals surface area contributed by atoms with Crippen molar-refractivity contribution in [3.8, 4) is 0 Å². The molecule has 30 heavy (non-hydrogen) atoms. The Morgan fingerprint density at radius 3 is 2.47 bits per heavy atom. The summed E-state index contributed by atoms with van der Waals surface area (Å²) in [6, 6.07) is 15.0. The fourth-order valence-electron chi connectivity index (χ4n) is 3.19. The Labute approximate surface area is 181 Å². The van der Waals surface area contributed by atoms with Gasteiger partial charge in [-0.15, -0.1) is 11.8 Å². The lowest BCUT2D eigenvalue weighted by molar-refractivity contribution is -0.129. The average molecular weight is 426 g/mol. The summed E-state index contributed by atoms with van der Waals surface area (Å²) in [7, 11) is 0. The van der Waals surface area contributed by atoms with Crippen molar-refractivity contribution in [3.63, 3.8) is 0 Å². The van der Waals surface area contributed by atoms with E-state index < -0.39 is 11.4 Å². The Balaban J connectivity index is 1.69. The second-order valence-electron chi connectivity index (χ2n) is 8.37. The van der Waals surface area contributed by atoms with E-state index in [1.54, 1.807) is 39.0 Å². The summed E-state index contributed by atoms with van der Waals surface area (Å²) in [4.78, 5) is 40.2. The largest absolute Gasteiger partial charge is 0.454 e. The molecule has 158 valence electrons. The fourth-order valence-corrected chi connectivity index (χ4v) is 4.24. The van der Waals surface area contributed by atoms with E-state index in [1.807, 2.05) is 42.2 Å². The summed E-state index contributed by atoms with van der Waals surface area (Å²) in [5.74, 6) is -0.685. The van der Waals surface area contributed by atoms with Crippen LogP contribution in [0.2, 0.25) is 0 Å². The van der Waals surface area contributed by atoms with Crippen LogP contribution in [0.1, 0.15) is 43.6 Å². The quantitative estimate of drug-likeness (QED) is 0.503. The van der Waals surface area contributed by atoms with E-state index >= 15 is 0 Å². The Morgan fingerprint density at radius 1 is 1.07 bits per heavy atom. The van der Waals surface area contributed by atoms with Gasteiger partial charge in [-0.2, -0.15) is 0 Å². The van der Waals surface area contributed by atoms with Crippen LogP contribution in [0.3, 0.4) is 0 Å². The molecule has 0 fully saturated rings. The van der Waals surface area contributed by atoms with E-state index in [-0.39, 0.29) is 23.5 Å². The van der Waals surface area contributed by atoms with E-state index in [4.69, 9.17) is 4.74 Å². The minimum atomic E-state index is -0.568. The Kier molecular flexibility index (Phi) is 6.66. The van der Waals surface area contributed by atoms with E-state index in [9.17, 15) is 14.4 Å². The van der Waals surface area contributed by atoms with Gasteiger partial charge in [0.05, 0.1) is 10.8 Å². The predicted octanol–water partition coefficient (Wildman–Crippen LogP) is 4.53. The van der Waals surface area contributed by atoms with Gasteiger partial charge in [-0.05, 0) is 37.1 Å². The third-order valence-corrected chi connectivity index (χ3v) is 6.25. The minimum Gasteiger partial charge on any atom is -0.454 e. The fraction of sp³-hybridized carbons (Fsp3) is 0.375. The van der Waals surface area contributed by atoms with Crippen LogP contribution in [0.5, 0.6) is 0 Å². The van der Waals surface area contributed by atoms with E-state index in [0.717, 1.165) is 12.1 Å². The summed E-state index contributed by atoms with van der Waals surface area (Å²) >= 11 is 1.33. The van der Waals surface area contributed by atoms with Crippen molar-refractivity contribution < 1.29 is 19.1 Å². The maximum Gasteiger partial charge on any atom is 0.339 e. The highest BCUT2D eigenvalue weighted by molar-refractivity contribution is 8.00. The van der Waals surface area contributed by atoms with Crippen LogP contribution in [0.25, 0.3) is 0 Å². The number of rotatable bonds is 6. The lowest BCUT2D eigenvalue weighted by atomic mass is 9.91. The number of fused-ring (bicyclic) bond motifs is 1. The third kappa shape index (κ3) is 4.93. The molecule has 2 aromatic carbocycles. The smallest absolute Gasteiger partial charge is 0.339 e. The first-order valence-electron chi connectivity index (χ1n) is 10.0. The van der Waals surface area contributed by atoms with Crippen molar-refractivity contribution in [1.82, 2.24) is 0 Å². The van der Waals surface area contributed by atoms with Crippen molar-refractivity contribution in [2.75, 3.05) is 18.1 Å². The van der Waals surface area contributed by atoms with Gasteiger partial charge in [0.2, 0.25) is 5.91 Å². The van der Waals surface area contributed by atoms with Crippen LogP contribution in [0, 0.1) is 5.41 Å². The zero-order chi connectivity index (χ0) is 21.9. The first kappa shape index (κ1) is 22.1. The van der Waals surface area contributed by atoms with Gasteiger partial charge in [0.15, 0.2) is 12.4 Å². The number of amides is 1. The molecule has 1 heterocycles. The molecule has 1 aliphatic rings. The van der Waals surface area contributed by atoms with Crippen LogP contribution in [-0.4, -0.2) is 36.1 Å². The summed E-state index contributed by atoms with van der Waals surface area (Å²) in [5.41, 5.74) is 1.94. The second kappa shape index (κ2) is 9.04. The van der Waals surface area contributed by atoms with Crippen LogP contribution >= 0.6 is 11.8 Å². The highest BCUT2D eigenvalue weighted by Gasteiger charge is 2.29. The number of Topliss-reactive ketones (excluding diaryl/α,β-unsaturated/α-hetero) is 1. The molecule has 1 atom stereocenters. The molecule has 0 unspecified atom stereocenters. The van der Waals surface area contributed by atoms with E-state index in [2.05, 4.69) is 0 Å². The number of para-hydroxylation sites is 1. The molecule has 5 nitrogen and oxygen atoms in total. The molecule has 0 saturated carbocycles. The van der Waals surface area contributed by atoms with Gasteiger partial charge >= 0.3 is 5.97 Å². The highest BCUT2D eigenvalue weighted by atomic mass is 32.2. The summed E-state index contributed by atoms with van der Waals surface area (Å²) < 4.78 is 5.25. The molecule has 2 aromatic rings. The molecular weight excluding hydrogens is 398 g/mol. The molecule has 0 bridgehead atoms. The Bertz CT molecular complexity index is 964. The van der Waals surface area contributed by atoms with Gasteiger partial charge in [0, 0.05) is 22.5 Å². The second-order valence-corrected chi connectivity index (χ2v) is 9.76. The first-order chi connectivity index (χ1) is 14.2. The number of ether oxygens (including phenoxy) is 1. The van der Waals surface area contributed by atoms with Crippen LogP contribution in [0.4, 0.5) is 5.69 Å². The maximum atomic E-state index is 13.1. The van der Waals surface area contributed by atoms with Crippen molar-refractivity contribution in [2.45, 2.75) is 44.3 Å². The molecule has 0 aromatic heterocycles. The van der Waals surface area contributed by atoms with E-state index in [0.29, 0.717) is 17.0 Å². The molecule has 0 radical (unpaired) electrons. The van der Waals surface area contributed by atoms with Gasteiger partial charge < -0.3 is 9.64 Å². The number of nitrogens with zero attached hydrogens (tertiary/aromatic N) is 1. The molecule has 0 N–H and O–H groups in total. The first-order valence-corrected chi connectivity index (χ1v) is 10.9. The lowest BCUT2D eigenvalue weighted by Gasteiger charge is -2.22. The summed E-state index contributed by atoms with van der Waals surface area (Å²) in [6.45, 7) is 7.62. The van der Waals surface area contributed by atoms with Gasteiger partial charge in [-0.3, -0.25) is 9.59 Å². The summed E-state index contributed by atoms with van der Waals surface area (Å²) in [6.07, 6.45) is 0.851. The average Bonchev–Trinajstić information content (AvgIpc) is 3.15. The van der Waals surface area contributed by atoms with Crippen molar-refractivity contribution in [2.24, 2.45) is 5.41 Å². The van der Waals surface area contributed by atoms with Crippen molar-refractivity contribution in [3.05, 3.63) is 59.7 Å². The van der Waals surface area contributed by atoms with Crippen molar-refractivity contribution in [1.29, 1.82) is 0 Å². The standard InChI is InChI=1S/C24H27NO4S/c1-16(22(27)25-14-13-17-9-5-7-11-19(17)25)30-20-12-8-6-10-18(20)23(28)29-15-21(26)24(2,3)4/h5-12,16H,13-15H2,1-4H3/t16-/m0/s1. The SMILES string of the molecule is C[C@H](Sc1ccccc1C(=O)OCC(=O)C(C)(C)C)C(=O)N1CCc2ccccc21. The Hall–Kier alpha value is -2.60.